The third-order valence-electron chi connectivity index (χ3n) is 36.7. The van der Waals surface area contributed by atoms with Crippen molar-refractivity contribution in [3.05, 3.63) is 454 Å². The number of fused-ring (bicyclic) bond motifs is 33. The Morgan fingerprint density at radius 2 is 0.736 bits per heavy atom. The van der Waals surface area contributed by atoms with Crippen molar-refractivity contribution in [2.45, 2.75) is 165 Å². The molecule has 0 saturated heterocycles. The molecule has 0 N–H and O–H groups in total. The van der Waals surface area contributed by atoms with E-state index < -0.39 is 23.1 Å². The Balaban J connectivity index is 0.659. The van der Waals surface area contributed by atoms with Crippen molar-refractivity contribution in [3.8, 4) is 55.6 Å². The van der Waals surface area contributed by atoms with E-state index in [1.165, 1.54) is 171 Å². The minimum absolute atomic E-state index is 0.0158. The Kier molecular flexibility index (Phi) is 17.4. The lowest BCUT2D eigenvalue weighted by Gasteiger charge is -2.52. The normalized spacial score (nSPS) is 17.2. The predicted octanol–water partition coefficient (Wildman–Crippen LogP) is 34.3. The third kappa shape index (κ3) is 11.3. The molecule has 10 heterocycles. The minimum Gasteiger partial charge on any atom is -0.454 e. The molecule has 1 unspecified atom stereocenters. The van der Waals surface area contributed by atoms with Crippen LogP contribution in [-0.4, -0.2) is 13.7 Å². The molecule has 18 aromatic carbocycles. The summed E-state index contributed by atoms with van der Waals surface area (Å²) in [6.45, 7) is 33.4. The molecule has 1 atom stereocenters. The molecule has 0 fully saturated rings. The van der Waals surface area contributed by atoms with E-state index in [2.05, 4.69) is 486 Å². The first-order valence-corrected chi connectivity index (χ1v) is 54.1. The highest BCUT2D eigenvalue weighted by molar-refractivity contribution is 7.26. The van der Waals surface area contributed by atoms with Crippen molar-refractivity contribution < 1.29 is 13.3 Å². The van der Waals surface area contributed by atoms with Gasteiger partial charge in [0.25, 0.3) is 0 Å². The summed E-state index contributed by atoms with van der Waals surface area (Å²) in [4.78, 5) is 10.9. The fraction of sp³-hybridized carbons (Fsp3) is 0.188. The predicted molar refractivity (Wildman–Crippen MR) is 620 cm³/mol. The molecule has 3 aliphatic carbocycles. The minimum atomic E-state index is -0.736. The molecule has 31 rings (SSSR count). The summed E-state index contributed by atoms with van der Waals surface area (Å²) in [5, 5.41) is 7.95. The average molecular weight is 1930 g/mol. The van der Waals surface area contributed by atoms with Gasteiger partial charge in [-0.15, -0.1) is 11.3 Å². The second-order valence-corrected chi connectivity index (χ2v) is 49.3. The Hall–Kier alpha value is -15.6. The van der Waals surface area contributed by atoms with Gasteiger partial charge < -0.3 is 22.9 Å². The number of hydrogen-bond donors (Lipinski definition) is 0. The van der Waals surface area contributed by atoms with Crippen LogP contribution in [-0.2, 0) is 43.3 Å². The van der Waals surface area contributed by atoms with Crippen molar-refractivity contribution in [2.75, 3.05) is 19.4 Å². The van der Waals surface area contributed by atoms with Gasteiger partial charge in [-0.3, -0.25) is 9.80 Å². The highest BCUT2D eigenvalue weighted by atomic mass is 32.1. The number of nitrogens with zero attached hydrogens (tertiary/aromatic N) is 4. The van der Waals surface area contributed by atoms with E-state index in [9.17, 15) is 0 Å². The van der Waals surface area contributed by atoms with Gasteiger partial charge in [0.2, 0.25) is 5.88 Å². The van der Waals surface area contributed by atoms with Crippen LogP contribution in [0.1, 0.15) is 206 Å². The zero-order valence-corrected chi connectivity index (χ0v) is 86.8. The molecular formula is C138H110B2N4O3S. The van der Waals surface area contributed by atoms with Crippen LogP contribution < -0.4 is 41.3 Å². The maximum Gasteiger partial charge on any atom is 0.337 e. The number of benzene rings is 18. The first-order valence-electron chi connectivity index (χ1n) is 53.3. The molecule has 7 nitrogen and oxygen atoms in total. The Bertz CT molecular complexity index is 9530. The number of anilines is 10. The second kappa shape index (κ2) is 29.7. The Labute approximate surface area is 869 Å². The highest BCUT2D eigenvalue weighted by Crippen LogP contribution is 2.69. The van der Waals surface area contributed by atoms with Crippen LogP contribution in [0.15, 0.2) is 383 Å². The molecule has 9 aliphatic rings. The van der Waals surface area contributed by atoms with E-state index in [1.54, 1.807) is 0 Å². The molecule has 22 aromatic rings. The van der Waals surface area contributed by atoms with Gasteiger partial charge in [-0.25, -0.2) is 0 Å². The molecule has 1 spiro atoms. The van der Waals surface area contributed by atoms with Gasteiger partial charge in [0.05, 0.1) is 38.6 Å². The Morgan fingerprint density at radius 1 is 0.291 bits per heavy atom. The average Bonchev–Trinajstić information content (AvgIpc) is 1.43. The van der Waals surface area contributed by atoms with E-state index in [0.717, 1.165) is 131 Å². The summed E-state index contributed by atoms with van der Waals surface area (Å²) in [6.07, 6.45) is 3.03. The van der Waals surface area contributed by atoms with Crippen LogP contribution in [0, 0.1) is 0 Å². The van der Waals surface area contributed by atoms with Crippen LogP contribution in [0.3, 0.4) is 0 Å². The van der Waals surface area contributed by atoms with Gasteiger partial charge >= 0.3 is 13.7 Å². The SMILES string of the molecule is CC(C)(C)c1ccc(N2c3oc4cc5c(cc4c3B3c4c(cc6c(oc7cc(C8CC(C)(C)c9cc%10sc%11c(c%10cc9C8(C)C)B8c9c(cc%10c(oc%12ccccc%12%10)c9N%11c9ccc(C(C)(C)C)cc9-c9ccccc9)-c9cccc%10c9N8c8ccccc8C%108c9ccccc9-c9ccccc98)ccc76)c42)-c2cccc4c2N3c2ccccc2C4(c2ccccc2)c2ccccc2)C(C)(C)CCC5(C)C)c(-c2ccccc2)c1. The number of thiophene rings is 1. The van der Waals surface area contributed by atoms with Crippen LogP contribution >= 0.6 is 11.3 Å². The lowest BCUT2D eigenvalue weighted by atomic mass is 9.42. The molecule has 6 aliphatic heterocycles. The molecule has 0 bridgehead atoms. The Morgan fingerprint density at radius 3 is 1.31 bits per heavy atom. The monoisotopic (exact) mass is 1920 g/mol. The maximum atomic E-state index is 8.32. The topological polar surface area (TPSA) is 52.4 Å². The van der Waals surface area contributed by atoms with Crippen molar-refractivity contribution in [1.82, 2.24) is 0 Å². The fourth-order valence-electron chi connectivity index (χ4n) is 29.6. The van der Waals surface area contributed by atoms with Gasteiger partial charge in [-0.05, 0) is 281 Å². The first kappa shape index (κ1) is 86.7. The van der Waals surface area contributed by atoms with Crippen molar-refractivity contribution >= 4 is 168 Å². The lowest BCUT2D eigenvalue weighted by molar-refractivity contribution is 0.283. The fourth-order valence-corrected chi connectivity index (χ4v) is 30.8. The zero-order valence-electron chi connectivity index (χ0n) is 86.0. The second-order valence-electron chi connectivity index (χ2n) is 48.3. The summed E-state index contributed by atoms with van der Waals surface area (Å²) >= 11 is 1.96. The molecule has 0 amide bonds. The van der Waals surface area contributed by atoms with E-state index in [-0.39, 0.29) is 39.8 Å². The summed E-state index contributed by atoms with van der Waals surface area (Å²) in [7, 11) is 0. The summed E-state index contributed by atoms with van der Waals surface area (Å²) in [5.74, 6) is 0.820. The summed E-state index contributed by atoms with van der Waals surface area (Å²) < 4.78 is 25.5. The number of hydrogen-bond acceptors (Lipinski definition) is 8. The van der Waals surface area contributed by atoms with Gasteiger partial charge in [0.15, 0.2) is 11.2 Å². The lowest BCUT2D eigenvalue weighted by Crippen LogP contribution is -2.63. The molecule has 10 heteroatoms. The molecule has 0 radical (unpaired) electrons. The van der Waals surface area contributed by atoms with Gasteiger partial charge in [-0.2, -0.15) is 0 Å². The third-order valence-corrected chi connectivity index (χ3v) is 37.9. The van der Waals surface area contributed by atoms with Crippen molar-refractivity contribution in [2.24, 2.45) is 0 Å². The van der Waals surface area contributed by atoms with Crippen LogP contribution in [0.4, 0.5) is 56.4 Å². The first-order chi connectivity index (χ1) is 71.7. The highest BCUT2D eigenvalue weighted by Gasteiger charge is 2.61. The molecular weight excluding hydrogens is 1820 g/mol. The quantitative estimate of drug-likeness (QED) is 0.147. The summed E-state index contributed by atoms with van der Waals surface area (Å²) in [5.41, 5.74) is 46.9. The smallest absolute Gasteiger partial charge is 0.337 e. The number of para-hydroxylation sites is 5. The van der Waals surface area contributed by atoms with Gasteiger partial charge in [-0.1, -0.05) is 382 Å². The maximum absolute atomic E-state index is 8.32. The number of rotatable bonds is 7. The molecule has 0 saturated carbocycles. The summed E-state index contributed by atoms with van der Waals surface area (Å²) in [6, 6.07) is 143. The molecule has 4 aromatic heterocycles. The van der Waals surface area contributed by atoms with E-state index in [1.807, 2.05) is 11.3 Å². The van der Waals surface area contributed by atoms with Crippen LogP contribution in [0.25, 0.3) is 121 Å². The van der Waals surface area contributed by atoms with Gasteiger partial charge in [0.1, 0.15) is 16.7 Å². The molecule has 148 heavy (non-hydrogen) atoms. The van der Waals surface area contributed by atoms with Crippen molar-refractivity contribution in [3.63, 3.8) is 0 Å². The van der Waals surface area contributed by atoms with Crippen LogP contribution in [0.5, 0.6) is 0 Å². The van der Waals surface area contributed by atoms with E-state index >= 15 is 0 Å². The van der Waals surface area contributed by atoms with Crippen molar-refractivity contribution in [1.29, 1.82) is 0 Å². The van der Waals surface area contributed by atoms with E-state index in [4.69, 9.17) is 13.3 Å². The zero-order chi connectivity index (χ0) is 99.6. The molecule has 712 valence electrons. The van der Waals surface area contributed by atoms with E-state index in [0.29, 0.717) is 0 Å². The number of furan rings is 3. The van der Waals surface area contributed by atoms with Crippen LogP contribution in [0.2, 0.25) is 0 Å². The van der Waals surface area contributed by atoms with Gasteiger partial charge in [0, 0.05) is 82.1 Å². The largest absolute Gasteiger partial charge is 0.454 e. The standard InChI is InChI=1S/C138H110B2N4O3S/c1-131(2,3)84-62-65-111(92(70-84)79-39-19-15-20-40-79)141-125-119-94(90-50-37-56-104-123(90)143(113-58-34-32-54-102(113)137(104,82-43-23-17-24-44-82)83-45-25-18-26-46-83)139(119)121-98-74-106-107(76-117(98)147-129(121)141)134(9,10)68-67-133(106,7)8)73-97-89-64-61-81(69-116(89)146-127(97)125)110-78-135(11,12)108-77-118-99(75-109(108)136(110,13)14)122-130(148-118)142(112-66-63-85(132(4,5)6)71-93(112)80-41-21-16-22-42-80)126-120-95(72-96-88-49-29-36-60-115(88)145-128(96)126)91-51-38-57-105-124(91)144(140(120)122)114-59-35-33-55-103(114)138(105)100-52-30-27-47-86(100)87-48-28-31-53-101(87)138/h15-66,69-77,110H,67-68,78H2,1-14H3.